The molecule has 0 aromatic heterocycles. The summed E-state index contributed by atoms with van der Waals surface area (Å²) in [5.41, 5.74) is 2.50. The van der Waals surface area contributed by atoms with E-state index in [1.54, 1.807) is 0 Å². The average Bonchev–Trinajstić information content (AvgIpc) is 3.42. The molecule has 4 rings (SSSR count). The minimum absolute atomic E-state index is 0.200. The minimum Gasteiger partial charge on any atom is -0.460 e. The van der Waals surface area contributed by atoms with Crippen LogP contribution in [0.4, 0.5) is 8.78 Å². The zero-order chi connectivity index (χ0) is 18.3. The van der Waals surface area contributed by atoms with Gasteiger partial charge in [-0.1, -0.05) is 6.07 Å². The van der Waals surface area contributed by atoms with Gasteiger partial charge in [0, 0.05) is 30.2 Å². The smallest absolute Gasteiger partial charge is 0.231 e. The van der Waals surface area contributed by atoms with Crippen molar-refractivity contribution in [2.24, 2.45) is 0 Å². The van der Waals surface area contributed by atoms with Crippen LogP contribution in [0, 0.1) is 11.6 Å². The zero-order valence-electron chi connectivity index (χ0n) is 13.7. The Morgan fingerprint density at radius 1 is 1.15 bits per heavy atom. The van der Waals surface area contributed by atoms with Gasteiger partial charge in [-0.2, -0.15) is 0 Å². The predicted octanol–water partition coefficient (Wildman–Crippen LogP) is 4.26. The molecule has 2 aromatic carbocycles. The Morgan fingerprint density at radius 3 is 2.77 bits per heavy atom. The zero-order valence-corrected chi connectivity index (χ0v) is 14.5. The number of hydrogen-bond donors (Lipinski definition) is 0. The van der Waals surface area contributed by atoms with Crippen molar-refractivity contribution in [2.45, 2.75) is 24.6 Å². The maximum Gasteiger partial charge on any atom is 0.231 e. The van der Waals surface area contributed by atoms with Crippen molar-refractivity contribution in [3.63, 3.8) is 0 Å². The van der Waals surface area contributed by atoms with Gasteiger partial charge in [0.05, 0.1) is 0 Å². The summed E-state index contributed by atoms with van der Waals surface area (Å²) in [6, 6.07) is 8.64. The van der Waals surface area contributed by atoms with Gasteiger partial charge in [0.2, 0.25) is 12.6 Å². The highest BCUT2D eigenvalue weighted by molar-refractivity contribution is 6.17. The third kappa shape index (κ3) is 3.28. The molecule has 1 fully saturated rings. The molecule has 2 aliphatic heterocycles. The van der Waals surface area contributed by atoms with E-state index in [4.69, 9.17) is 30.5 Å². The number of halogens is 3. The lowest BCUT2D eigenvalue weighted by Crippen LogP contribution is -2.28. The van der Waals surface area contributed by atoms with Crippen LogP contribution in [0.15, 0.2) is 42.0 Å². The Kier molecular flexibility index (Phi) is 4.56. The normalized spacial score (nSPS) is 23.7. The highest BCUT2D eigenvalue weighted by Gasteiger charge is 2.49. The highest BCUT2D eigenvalue weighted by atomic mass is 35.5. The van der Waals surface area contributed by atoms with Crippen molar-refractivity contribution < 1.29 is 27.7 Å². The van der Waals surface area contributed by atoms with Crippen LogP contribution in [0.2, 0.25) is 0 Å². The monoisotopic (exact) mass is 380 g/mol. The van der Waals surface area contributed by atoms with Gasteiger partial charge in [0.15, 0.2) is 17.7 Å². The molecule has 0 saturated carbocycles. The van der Waals surface area contributed by atoms with Gasteiger partial charge >= 0.3 is 0 Å². The van der Waals surface area contributed by atoms with E-state index in [2.05, 4.69) is 0 Å². The van der Waals surface area contributed by atoms with E-state index in [0.29, 0.717) is 17.2 Å². The summed E-state index contributed by atoms with van der Waals surface area (Å²) in [4.78, 5) is 0. The van der Waals surface area contributed by atoms with E-state index < -0.39 is 30.3 Å². The summed E-state index contributed by atoms with van der Waals surface area (Å²) in [6.07, 6.45) is 0.0197. The molecular formula is C19H15ClF2O4. The van der Waals surface area contributed by atoms with E-state index in [-0.39, 0.29) is 5.75 Å². The fourth-order valence-corrected chi connectivity index (χ4v) is 3.02. The van der Waals surface area contributed by atoms with Crippen molar-refractivity contribution in [3.8, 4) is 11.5 Å². The van der Waals surface area contributed by atoms with Crippen molar-refractivity contribution >= 4 is 17.7 Å². The molecule has 0 aliphatic carbocycles. The standard InChI is InChI=1S/C19H15ClF2O4/c1-23-18-13(7-11-6-10(9-20)2-5-15(11)24-18)17-19(26-17)25-16-8-12(21)3-4-14(16)22/h2-8,17-19H,9H2,1H3. The van der Waals surface area contributed by atoms with Crippen molar-refractivity contribution in [1.29, 1.82) is 0 Å². The molecule has 3 atom stereocenters. The van der Waals surface area contributed by atoms with Crippen molar-refractivity contribution in [1.82, 2.24) is 0 Å². The first kappa shape index (κ1) is 17.3. The maximum absolute atomic E-state index is 13.7. The molecule has 0 radical (unpaired) electrons. The SMILES string of the molecule is COC1Oc2ccc(CCl)cc2C=C1C1OC1Oc1cc(F)ccc1F. The molecule has 3 unspecified atom stereocenters. The Balaban J connectivity index is 1.56. The molecule has 0 spiro atoms. The minimum atomic E-state index is -0.739. The van der Waals surface area contributed by atoms with E-state index in [1.807, 2.05) is 24.3 Å². The van der Waals surface area contributed by atoms with Gasteiger partial charge in [-0.25, -0.2) is 8.78 Å². The molecular weight excluding hydrogens is 366 g/mol. The van der Waals surface area contributed by atoms with Crippen LogP contribution in [-0.4, -0.2) is 25.8 Å². The first-order valence-corrected chi connectivity index (χ1v) is 8.49. The lowest BCUT2D eigenvalue weighted by Gasteiger charge is -2.25. The Labute approximate surface area is 153 Å². The Morgan fingerprint density at radius 2 is 2.00 bits per heavy atom. The lowest BCUT2D eigenvalue weighted by atomic mass is 10.0. The lowest BCUT2D eigenvalue weighted by molar-refractivity contribution is -0.0297. The summed E-state index contributed by atoms with van der Waals surface area (Å²) < 4.78 is 49.1. The number of hydrogen-bond acceptors (Lipinski definition) is 4. The molecule has 0 bridgehead atoms. The number of epoxide rings is 1. The number of rotatable bonds is 5. The Hall–Kier alpha value is -2.15. The van der Waals surface area contributed by atoms with Crippen LogP contribution in [-0.2, 0) is 15.4 Å². The number of ether oxygens (including phenoxy) is 4. The van der Waals surface area contributed by atoms with Crippen LogP contribution >= 0.6 is 11.6 Å². The first-order chi connectivity index (χ1) is 12.6. The van der Waals surface area contributed by atoms with E-state index >= 15 is 0 Å². The summed E-state index contributed by atoms with van der Waals surface area (Å²) in [6.45, 7) is 0. The largest absolute Gasteiger partial charge is 0.460 e. The molecule has 2 aliphatic rings. The molecule has 0 amide bonds. The van der Waals surface area contributed by atoms with E-state index in [9.17, 15) is 8.78 Å². The third-order valence-electron chi connectivity index (χ3n) is 4.19. The number of methoxy groups -OCH3 is 1. The van der Waals surface area contributed by atoms with Gasteiger partial charge in [0.25, 0.3) is 0 Å². The average molecular weight is 381 g/mol. The predicted molar refractivity (Wildman–Crippen MR) is 91.0 cm³/mol. The summed E-state index contributed by atoms with van der Waals surface area (Å²) in [7, 11) is 1.51. The highest BCUT2D eigenvalue weighted by Crippen LogP contribution is 2.40. The number of benzene rings is 2. The molecule has 2 heterocycles. The molecule has 136 valence electrons. The Bertz CT molecular complexity index is 871. The molecule has 0 N–H and O–H groups in total. The fraction of sp³-hybridized carbons (Fsp3) is 0.263. The van der Waals surface area contributed by atoms with Crippen LogP contribution < -0.4 is 9.47 Å². The first-order valence-electron chi connectivity index (χ1n) is 7.96. The summed E-state index contributed by atoms with van der Waals surface area (Å²) in [5.74, 6) is -0.391. The molecule has 2 aromatic rings. The number of fused-ring (bicyclic) bond motifs is 1. The second-order valence-electron chi connectivity index (χ2n) is 5.95. The molecule has 26 heavy (non-hydrogen) atoms. The van der Waals surface area contributed by atoms with E-state index in [1.165, 1.54) is 7.11 Å². The topological polar surface area (TPSA) is 40.2 Å². The molecule has 1 saturated heterocycles. The summed E-state index contributed by atoms with van der Waals surface area (Å²) in [5, 5.41) is 0. The van der Waals surface area contributed by atoms with Gasteiger partial charge in [-0.05, 0) is 35.9 Å². The van der Waals surface area contributed by atoms with Crippen LogP contribution in [0.5, 0.6) is 11.5 Å². The van der Waals surface area contributed by atoms with Gasteiger partial charge in [-0.15, -0.1) is 11.6 Å². The van der Waals surface area contributed by atoms with Gasteiger partial charge < -0.3 is 18.9 Å². The second kappa shape index (κ2) is 6.87. The fourth-order valence-electron chi connectivity index (χ4n) is 2.85. The van der Waals surface area contributed by atoms with Crippen molar-refractivity contribution in [3.05, 3.63) is 64.7 Å². The van der Waals surface area contributed by atoms with Crippen LogP contribution in [0.1, 0.15) is 11.1 Å². The van der Waals surface area contributed by atoms with Crippen LogP contribution in [0.25, 0.3) is 6.08 Å². The summed E-state index contributed by atoms with van der Waals surface area (Å²) >= 11 is 5.88. The number of alkyl halides is 1. The maximum atomic E-state index is 13.7. The third-order valence-corrected chi connectivity index (χ3v) is 4.50. The van der Waals surface area contributed by atoms with E-state index in [0.717, 1.165) is 29.3 Å². The van der Waals surface area contributed by atoms with Gasteiger partial charge in [0.1, 0.15) is 11.6 Å². The van der Waals surface area contributed by atoms with Crippen LogP contribution in [0.3, 0.4) is 0 Å². The molecule has 4 nitrogen and oxygen atoms in total. The quantitative estimate of drug-likeness (QED) is 0.574. The van der Waals surface area contributed by atoms with Gasteiger partial charge in [-0.3, -0.25) is 0 Å². The second-order valence-corrected chi connectivity index (χ2v) is 6.22. The molecule has 7 heteroatoms. The van der Waals surface area contributed by atoms with Crippen molar-refractivity contribution in [2.75, 3.05) is 7.11 Å².